The van der Waals surface area contributed by atoms with Crippen LogP contribution in [0, 0.1) is 12.8 Å². The lowest BCUT2D eigenvalue weighted by molar-refractivity contribution is -0.151. The fraction of sp³-hybridized carbons (Fsp3) is 0.355. The summed E-state index contributed by atoms with van der Waals surface area (Å²) >= 11 is 7.67. The molecule has 2 amide bonds. The average Bonchev–Trinajstić information content (AvgIpc) is 3.35. The highest BCUT2D eigenvalue weighted by atomic mass is 35.5. The van der Waals surface area contributed by atoms with E-state index in [1.165, 1.54) is 11.8 Å². The smallest absolute Gasteiger partial charge is 0.309 e. The van der Waals surface area contributed by atoms with Crippen LogP contribution in [-0.2, 0) is 19.1 Å². The number of aryl methyl sites for hydroxylation is 1. The maximum absolute atomic E-state index is 13.8. The minimum Gasteiger partial charge on any atom is -0.466 e. The SMILES string of the molecule is CCOC(=O)C1CCN(C(=O)CC2=CSC3=NC(C)=C(C(=O)Nc4ccccc4C)C(c4ccc(Cl)cc4)N23)CC1. The molecule has 10 heteroatoms. The molecule has 1 N–H and O–H groups in total. The molecule has 41 heavy (non-hydrogen) atoms. The van der Waals surface area contributed by atoms with Crippen molar-refractivity contribution in [1.29, 1.82) is 0 Å². The maximum atomic E-state index is 13.8. The summed E-state index contributed by atoms with van der Waals surface area (Å²) < 4.78 is 5.17. The van der Waals surface area contributed by atoms with Gasteiger partial charge in [-0.15, -0.1) is 0 Å². The second kappa shape index (κ2) is 12.5. The van der Waals surface area contributed by atoms with E-state index in [0.29, 0.717) is 48.8 Å². The number of nitrogens with one attached hydrogen (secondary N) is 1. The summed E-state index contributed by atoms with van der Waals surface area (Å²) in [7, 11) is 0. The molecule has 1 unspecified atom stereocenters. The van der Waals surface area contributed by atoms with E-state index < -0.39 is 6.04 Å². The Balaban J connectivity index is 1.39. The number of nitrogens with zero attached hydrogens (tertiary/aromatic N) is 3. The minimum absolute atomic E-state index is 0.0209. The molecule has 1 fully saturated rings. The van der Waals surface area contributed by atoms with Crippen molar-refractivity contribution in [3.63, 3.8) is 0 Å². The molecule has 1 atom stereocenters. The van der Waals surface area contributed by atoms with Gasteiger partial charge < -0.3 is 19.9 Å². The fourth-order valence-electron chi connectivity index (χ4n) is 5.41. The minimum atomic E-state index is -0.493. The van der Waals surface area contributed by atoms with Crippen LogP contribution in [0.5, 0.6) is 0 Å². The van der Waals surface area contributed by atoms with E-state index in [1.54, 1.807) is 19.1 Å². The van der Waals surface area contributed by atoms with Gasteiger partial charge in [0.25, 0.3) is 5.91 Å². The van der Waals surface area contributed by atoms with Crippen molar-refractivity contribution in [3.8, 4) is 0 Å². The highest BCUT2D eigenvalue weighted by molar-refractivity contribution is 8.16. The molecule has 5 rings (SSSR count). The van der Waals surface area contributed by atoms with E-state index in [9.17, 15) is 14.4 Å². The standard InChI is InChI=1S/C31H33ClN4O4S/c1-4-40-30(39)22-13-15-35(16-14-22)26(37)17-24-18-41-31-33-20(3)27(29(38)34-25-8-6-5-7-19(25)2)28(36(24)31)21-9-11-23(32)12-10-21/h5-12,18,22,28H,4,13-17H2,1-3H3,(H,34,38). The number of hydrogen-bond donors (Lipinski definition) is 1. The van der Waals surface area contributed by atoms with Crippen LogP contribution >= 0.6 is 23.4 Å². The quantitative estimate of drug-likeness (QED) is 0.393. The van der Waals surface area contributed by atoms with Crippen molar-refractivity contribution >= 4 is 52.0 Å². The molecule has 0 spiro atoms. The number of benzene rings is 2. The lowest BCUT2D eigenvalue weighted by Gasteiger charge is -2.37. The number of thioether (sulfide) groups is 1. The Morgan fingerprint density at radius 3 is 2.46 bits per heavy atom. The lowest BCUT2D eigenvalue weighted by atomic mass is 9.93. The highest BCUT2D eigenvalue weighted by Gasteiger charge is 2.41. The van der Waals surface area contributed by atoms with Crippen molar-refractivity contribution in [2.45, 2.75) is 46.1 Å². The molecule has 0 radical (unpaired) electrons. The summed E-state index contributed by atoms with van der Waals surface area (Å²) in [6, 6.07) is 14.6. The van der Waals surface area contributed by atoms with Crippen molar-refractivity contribution < 1.29 is 19.1 Å². The van der Waals surface area contributed by atoms with Crippen molar-refractivity contribution in [2.75, 3.05) is 25.0 Å². The normalized spacial score (nSPS) is 19.0. The topological polar surface area (TPSA) is 91.3 Å². The summed E-state index contributed by atoms with van der Waals surface area (Å²) in [6.07, 6.45) is 1.34. The third-order valence-electron chi connectivity index (χ3n) is 7.62. The van der Waals surface area contributed by atoms with Gasteiger partial charge in [0.05, 0.1) is 36.3 Å². The number of likely N-dealkylation sites (tertiary alicyclic amines) is 1. The number of amides is 2. The number of ether oxygens (including phenoxy) is 1. The van der Waals surface area contributed by atoms with Crippen LogP contribution in [0.25, 0.3) is 0 Å². The zero-order chi connectivity index (χ0) is 29.1. The molecule has 0 saturated carbocycles. The number of halogens is 1. The number of para-hydroxylation sites is 1. The molecule has 3 aliphatic rings. The van der Waals surface area contributed by atoms with Crippen LogP contribution in [0.15, 0.2) is 75.9 Å². The zero-order valence-corrected chi connectivity index (χ0v) is 24.9. The Morgan fingerprint density at radius 2 is 1.78 bits per heavy atom. The Hall–Kier alpha value is -3.56. The van der Waals surface area contributed by atoms with E-state index >= 15 is 0 Å². The van der Waals surface area contributed by atoms with Crippen LogP contribution in [0.3, 0.4) is 0 Å². The average molecular weight is 593 g/mol. The molecular formula is C31H33ClN4O4S. The first-order chi connectivity index (χ1) is 19.8. The predicted octanol–water partition coefficient (Wildman–Crippen LogP) is 6.05. The van der Waals surface area contributed by atoms with Crippen LogP contribution in [0.2, 0.25) is 5.02 Å². The van der Waals surface area contributed by atoms with Gasteiger partial charge in [-0.3, -0.25) is 14.4 Å². The van der Waals surface area contributed by atoms with Gasteiger partial charge in [0, 0.05) is 29.5 Å². The van der Waals surface area contributed by atoms with Crippen LogP contribution < -0.4 is 5.32 Å². The molecule has 2 aromatic rings. The number of esters is 1. The van der Waals surface area contributed by atoms with Gasteiger partial charge in [-0.05, 0) is 68.3 Å². The van der Waals surface area contributed by atoms with Crippen LogP contribution in [0.4, 0.5) is 5.69 Å². The molecule has 214 valence electrons. The number of hydrogen-bond acceptors (Lipinski definition) is 7. The predicted molar refractivity (Wildman–Crippen MR) is 162 cm³/mol. The summed E-state index contributed by atoms with van der Waals surface area (Å²) in [4.78, 5) is 48.1. The van der Waals surface area contributed by atoms with E-state index in [1.807, 2.05) is 65.5 Å². The second-order valence-electron chi connectivity index (χ2n) is 10.3. The van der Waals surface area contributed by atoms with Gasteiger partial charge in [0.15, 0.2) is 5.17 Å². The number of piperidine rings is 1. The number of amidine groups is 1. The van der Waals surface area contributed by atoms with Crippen molar-refractivity contribution in [2.24, 2.45) is 10.9 Å². The number of rotatable bonds is 7. The molecule has 3 heterocycles. The van der Waals surface area contributed by atoms with Gasteiger partial charge >= 0.3 is 5.97 Å². The van der Waals surface area contributed by atoms with Gasteiger partial charge in [0.1, 0.15) is 0 Å². The molecule has 3 aliphatic heterocycles. The van der Waals surface area contributed by atoms with Crippen molar-refractivity contribution in [3.05, 3.63) is 87.1 Å². The molecule has 0 aliphatic carbocycles. The molecule has 1 saturated heterocycles. The fourth-order valence-corrected chi connectivity index (χ4v) is 6.50. The summed E-state index contributed by atoms with van der Waals surface area (Å²) in [6.45, 7) is 6.97. The van der Waals surface area contributed by atoms with Crippen molar-refractivity contribution in [1.82, 2.24) is 9.80 Å². The molecule has 2 aromatic carbocycles. The number of allylic oxidation sites excluding steroid dienone is 1. The Morgan fingerprint density at radius 1 is 1.07 bits per heavy atom. The number of aliphatic imine (C=N–C) groups is 1. The Labute approximate surface area is 249 Å². The first kappa shape index (κ1) is 29.0. The summed E-state index contributed by atoms with van der Waals surface area (Å²) in [5, 5.41) is 6.33. The molecule has 0 bridgehead atoms. The van der Waals surface area contributed by atoms with E-state index in [-0.39, 0.29) is 30.1 Å². The third kappa shape index (κ3) is 6.21. The summed E-state index contributed by atoms with van der Waals surface area (Å²) in [5.74, 6) is -0.624. The first-order valence-electron chi connectivity index (χ1n) is 13.8. The van der Waals surface area contributed by atoms with Gasteiger partial charge in [-0.1, -0.05) is 53.7 Å². The maximum Gasteiger partial charge on any atom is 0.309 e. The summed E-state index contributed by atoms with van der Waals surface area (Å²) in [5.41, 5.74) is 4.46. The van der Waals surface area contributed by atoms with E-state index in [4.69, 9.17) is 21.3 Å². The Bertz CT molecular complexity index is 1440. The molecule has 8 nitrogen and oxygen atoms in total. The van der Waals surface area contributed by atoms with Gasteiger partial charge in [0.2, 0.25) is 5.91 Å². The largest absolute Gasteiger partial charge is 0.466 e. The number of carbonyl (C=O) groups excluding carboxylic acids is 3. The van der Waals surface area contributed by atoms with Crippen LogP contribution in [-0.4, -0.2) is 52.4 Å². The number of carbonyl (C=O) groups is 3. The van der Waals surface area contributed by atoms with Gasteiger partial charge in [-0.25, -0.2) is 4.99 Å². The number of anilines is 1. The monoisotopic (exact) mass is 592 g/mol. The molecule has 0 aromatic heterocycles. The first-order valence-corrected chi connectivity index (χ1v) is 15.0. The Kier molecular flexibility index (Phi) is 8.85. The third-order valence-corrected chi connectivity index (χ3v) is 8.76. The second-order valence-corrected chi connectivity index (χ2v) is 11.6. The van der Waals surface area contributed by atoms with Crippen LogP contribution in [0.1, 0.15) is 50.3 Å². The van der Waals surface area contributed by atoms with Gasteiger partial charge in [-0.2, -0.15) is 0 Å². The van der Waals surface area contributed by atoms with E-state index in [0.717, 1.165) is 27.7 Å². The lowest BCUT2D eigenvalue weighted by Crippen LogP contribution is -2.42. The molecular weight excluding hydrogens is 560 g/mol. The highest BCUT2D eigenvalue weighted by Crippen LogP contribution is 2.45. The van der Waals surface area contributed by atoms with E-state index in [2.05, 4.69) is 5.32 Å². The zero-order valence-electron chi connectivity index (χ0n) is 23.4. The number of fused-ring (bicyclic) bond motifs is 1.